The van der Waals surface area contributed by atoms with E-state index in [0.29, 0.717) is 12.6 Å². The Morgan fingerprint density at radius 2 is 2.10 bits per heavy atom. The highest BCUT2D eigenvalue weighted by atomic mass is 15.3. The summed E-state index contributed by atoms with van der Waals surface area (Å²) in [4.78, 5) is 4.60. The fourth-order valence-corrected chi connectivity index (χ4v) is 1.61. The second-order valence-corrected chi connectivity index (χ2v) is 5.12. The summed E-state index contributed by atoms with van der Waals surface area (Å²) in [5.41, 5.74) is 0. The summed E-state index contributed by atoms with van der Waals surface area (Å²) in [7, 11) is 1.96. The quantitative estimate of drug-likeness (QED) is 0.454. The topological polar surface area (TPSA) is 67.1 Å². The molecule has 0 saturated heterocycles. The lowest BCUT2D eigenvalue weighted by molar-refractivity contribution is 0.615. The first kappa shape index (κ1) is 16.5. The van der Waals surface area contributed by atoms with Gasteiger partial charge in [-0.25, -0.2) is 4.99 Å². The number of aromatic nitrogens is 3. The van der Waals surface area contributed by atoms with Crippen LogP contribution in [0.4, 0.5) is 0 Å². The van der Waals surface area contributed by atoms with E-state index < -0.39 is 0 Å². The molecule has 6 nitrogen and oxygen atoms in total. The summed E-state index contributed by atoms with van der Waals surface area (Å²) in [6, 6.07) is 0.407. The van der Waals surface area contributed by atoms with Crippen molar-refractivity contribution in [2.45, 2.75) is 59.5 Å². The minimum absolute atomic E-state index is 0.407. The second kappa shape index (κ2) is 8.55. The van der Waals surface area contributed by atoms with Gasteiger partial charge in [0.1, 0.15) is 12.4 Å². The highest BCUT2D eigenvalue weighted by Crippen LogP contribution is 1.99. The Morgan fingerprint density at radius 1 is 1.35 bits per heavy atom. The van der Waals surface area contributed by atoms with E-state index in [1.165, 1.54) is 6.42 Å². The highest BCUT2D eigenvalue weighted by Gasteiger charge is 2.06. The molecule has 1 rings (SSSR count). The van der Waals surface area contributed by atoms with Gasteiger partial charge in [-0.2, -0.15) is 0 Å². The van der Waals surface area contributed by atoms with Crippen LogP contribution in [0.25, 0.3) is 0 Å². The zero-order valence-electron chi connectivity index (χ0n) is 13.4. The van der Waals surface area contributed by atoms with E-state index >= 15 is 0 Å². The Labute approximate surface area is 122 Å². The van der Waals surface area contributed by atoms with E-state index in [-0.39, 0.29) is 0 Å². The molecule has 0 saturated carbocycles. The summed E-state index contributed by atoms with van der Waals surface area (Å²) >= 11 is 0. The first-order valence-electron chi connectivity index (χ1n) is 7.48. The normalized spacial score (nSPS) is 13.3. The number of unbranched alkanes of at least 4 members (excludes halogenated alkanes) is 1. The van der Waals surface area contributed by atoms with Crippen LogP contribution >= 0.6 is 0 Å². The Bertz CT molecular complexity index is 423. The SMILES string of the molecule is CCCCNC(=NCc1nnc(C)n1C)NC(C)CC. The molecule has 0 radical (unpaired) electrons. The van der Waals surface area contributed by atoms with E-state index in [0.717, 1.165) is 37.0 Å². The van der Waals surface area contributed by atoms with Gasteiger partial charge in [-0.1, -0.05) is 20.3 Å². The number of nitrogens with one attached hydrogen (secondary N) is 2. The molecule has 0 fully saturated rings. The maximum atomic E-state index is 4.60. The van der Waals surface area contributed by atoms with Crippen molar-refractivity contribution in [3.63, 3.8) is 0 Å². The van der Waals surface area contributed by atoms with Crippen LogP contribution < -0.4 is 10.6 Å². The Morgan fingerprint density at radius 3 is 2.65 bits per heavy atom. The summed E-state index contributed by atoms with van der Waals surface area (Å²) in [5.74, 6) is 2.64. The van der Waals surface area contributed by atoms with Crippen molar-refractivity contribution >= 4 is 5.96 Å². The van der Waals surface area contributed by atoms with E-state index in [2.05, 4.69) is 46.6 Å². The van der Waals surface area contributed by atoms with Crippen LogP contribution in [0, 0.1) is 6.92 Å². The third-order valence-electron chi connectivity index (χ3n) is 3.38. The second-order valence-electron chi connectivity index (χ2n) is 5.12. The van der Waals surface area contributed by atoms with Crippen molar-refractivity contribution in [3.8, 4) is 0 Å². The summed E-state index contributed by atoms with van der Waals surface area (Å²) in [6.07, 6.45) is 3.38. The molecule has 0 bridgehead atoms. The molecule has 1 atom stereocenters. The fourth-order valence-electron chi connectivity index (χ4n) is 1.61. The molecule has 0 aliphatic carbocycles. The fraction of sp³-hybridized carbons (Fsp3) is 0.786. The Hall–Kier alpha value is -1.59. The van der Waals surface area contributed by atoms with Crippen LogP contribution in [0.15, 0.2) is 4.99 Å². The van der Waals surface area contributed by atoms with Gasteiger partial charge in [-0.15, -0.1) is 10.2 Å². The van der Waals surface area contributed by atoms with Crippen LogP contribution in [0.2, 0.25) is 0 Å². The number of aliphatic imine (C=N–C) groups is 1. The van der Waals surface area contributed by atoms with Gasteiger partial charge >= 0.3 is 0 Å². The standard InChI is InChI=1S/C14H28N6/c1-6-8-9-15-14(17-11(3)7-2)16-10-13-19-18-12(4)20(13)5/h11H,6-10H2,1-5H3,(H2,15,16,17). The first-order valence-corrected chi connectivity index (χ1v) is 7.48. The lowest BCUT2D eigenvalue weighted by Crippen LogP contribution is -2.42. The highest BCUT2D eigenvalue weighted by molar-refractivity contribution is 5.80. The number of aryl methyl sites for hydroxylation is 1. The lowest BCUT2D eigenvalue weighted by Gasteiger charge is -2.16. The predicted octanol–water partition coefficient (Wildman–Crippen LogP) is 1.76. The predicted molar refractivity (Wildman–Crippen MR) is 82.7 cm³/mol. The molecule has 114 valence electrons. The van der Waals surface area contributed by atoms with Gasteiger partial charge in [-0.05, 0) is 26.7 Å². The molecule has 0 spiro atoms. The van der Waals surface area contributed by atoms with Gasteiger partial charge in [0, 0.05) is 19.6 Å². The Balaban J connectivity index is 2.65. The Kier molecular flexibility index (Phi) is 7.04. The van der Waals surface area contributed by atoms with E-state index in [9.17, 15) is 0 Å². The molecule has 1 heterocycles. The van der Waals surface area contributed by atoms with Gasteiger partial charge < -0.3 is 15.2 Å². The first-order chi connectivity index (χ1) is 9.58. The molecule has 1 aromatic heterocycles. The molecule has 6 heteroatoms. The smallest absolute Gasteiger partial charge is 0.191 e. The van der Waals surface area contributed by atoms with E-state index in [1.807, 2.05) is 18.5 Å². The zero-order valence-corrected chi connectivity index (χ0v) is 13.4. The van der Waals surface area contributed by atoms with Crippen molar-refractivity contribution in [2.75, 3.05) is 6.54 Å². The maximum absolute atomic E-state index is 4.60. The average Bonchev–Trinajstić information content (AvgIpc) is 2.76. The number of hydrogen-bond donors (Lipinski definition) is 2. The molecule has 0 amide bonds. The van der Waals surface area contributed by atoms with Crippen LogP contribution in [0.1, 0.15) is 51.7 Å². The van der Waals surface area contributed by atoms with Crippen molar-refractivity contribution < 1.29 is 0 Å². The molecule has 0 aliphatic heterocycles. The van der Waals surface area contributed by atoms with E-state index in [4.69, 9.17) is 0 Å². The van der Waals surface area contributed by atoms with Crippen molar-refractivity contribution in [1.82, 2.24) is 25.4 Å². The molecular weight excluding hydrogens is 252 g/mol. The van der Waals surface area contributed by atoms with E-state index in [1.54, 1.807) is 0 Å². The molecular formula is C14H28N6. The lowest BCUT2D eigenvalue weighted by atomic mass is 10.3. The zero-order chi connectivity index (χ0) is 15.0. The van der Waals surface area contributed by atoms with Crippen LogP contribution in [0.3, 0.4) is 0 Å². The molecule has 2 N–H and O–H groups in total. The van der Waals surface area contributed by atoms with Crippen molar-refractivity contribution in [3.05, 3.63) is 11.6 Å². The van der Waals surface area contributed by atoms with Gasteiger partial charge in [0.05, 0.1) is 0 Å². The molecule has 20 heavy (non-hydrogen) atoms. The van der Waals surface area contributed by atoms with Gasteiger partial charge in [0.2, 0.25) is 0 Å². The summed E-state index contributed by atoms with van der Waals surface area (Å²) in [5, 5.41) is 15.0. The van der Waals surface area contributed by atoms with Gasteiger partial charge in [0.25, 0.3) is 0 Å². The average molecular weight is 280 g/mol. The summed E-state index contributed by atoms with van der Waals surface area (Å²) in [6.45, 7) is 9.92. The number of rotatable bonds is 7. The molecule has 1 aromatic rings. The maximum Gasteiger partial charge on any atom is 0.191 e. The third-order valence-corrected chi connectivity index (χ3v) is 3.38. The molecule has 0 aliphatic rings. The van der Waals surface area contributed by atoms with Crippen molar-refractivity contribution in [2.24, 2.45) is 12.0 Å². The van der Waals surface area contributed by atoms with Gasteiger partial charge in [0.15, 0.2) is 11.8 Å². The number of hydrogen-bond acceptors (Lipinski definition) is 3. The number of guanidine groups is 1. The molecule has 1 unspecified atom stereocenters. The minimum Gasteiger partial charge on any atom is -0.356 e. The van der Waals surface area contributed by atoms with Gasteiger partial charge in [-0.3, -0.25) is 0 Å². The molecule has 0 aromatic carbocycles. The monoisotopic (exact) mass is 280 g/mol. The van der Waals surface area contributed by atoms with Crippen LogP contribution in [0.5, 0.6) is 0 Å². The van der Waals surface area contributed by atoms with Crippen LogP contribution in [-0.4, -0.2) is 33.3 Å². The summed E-state index contributed by atoms with van der Waals surface area (Å²) < 4.78 is 1.97. The number of nitrogens with zero attached hydrogens (tertiary/aromatic N) is 4. The largest absolute Gasteiger partial charge is 0.356 e. The van der Waals surface area contributed by atoms with Crippen molar-refractivity contribution in [1.29, 1.82) is 0 Å². The third kappa shape index (κ3) is 5.19. The minimum atomic E-state index is 0.407. The van der Waals surface area contributed by atoms with Crippen LogP contribution in [-0.2, 0) is 13.6 Å².